The van der Waals surface area contributed by atoms with Gasteiger partial charge in [-0.1, -0.05) is 13.3 Å². The number of carbonyl (C=O) groups excluding carboxylic acids is 2. The molecule has 1 atom stereocenters. The van der Waals surface area contributed by atoms with Crippen LogP contribution in [0, 0.1) is 5.92 Å². The van der Waals surface area contributed by atoms with Gasteiger partial charge in [-0.3, -0.25) is 14.6 Å². The largest absolute Gasteiger partial charge is 0.460 e. The molecule has 0 bridgehead atoms. The van der Waals surface area contributed by atoms with Crippen molar-refractivity contribution in [2.24, 2.45) is 5.92 Å². The van der Waals surface area contributed by atoms with E-state index < -0.39 is 5.91 Å². The average molecular weight is 506 g/mol. The van der Waals surface area contributed by atoms with Gasteiger partial charge < -0.3 is 24.7 Å². The molecule has 194 valence electrons. The molecule has 11 nitrogen and oxygen atoms in total. The number of ether oxygens (including phenoxy) is 1. The number of anilines is 2. The van der Waals surface area contributed by atoms with Crippen molar-refractivity contribution in [2.75, 3.05) is 23.3 Å². The third-order valence-corrected chi connectivity index (χ3v) is 7.04. The summed E-state index contributed by atoms with van der Waals surface area (Å²) in [5, 5.41) is 5.91. The van der Waals surface area contributed by atoms with Crippen LogP contribution in [0.4, 0.5) is 11.7 Å². The van der Waals surface area contributed by atoms with Crippen LogP contribution < -0.4 is 20.3 Å². The van der Waals surface area contributed by atoms with E-state index in [-0.39, 0.29) is 23.7 Å². The Morgan fingerprint density at radius 3 is 2.62 bits per heavy atom. The standard InChI is InChI=1S/C26H31N7O4/c1-2-20(17-5-3-6-17)30-23(34)19-15-27-12-7-21(19)31-24(35)22-16-36-26(32-22)33-13-8-18(9-14-33)37-25-28-10-4-11-29-25/h4,7,10-12,15-18,20H,2-3,5-6,8-9,13-14H2,1H3,(H,30,34)(H,27,31,35). The number of amides is 2. The zero-order valence-electron chi connectivity index (χ0n) is 20.8. The maximum absolute atomic E-state index is 13.0. The van der Waals surface area contributed by atoms with Crippen LogP contribution in [0.25, 0.3) is 0 Å². The van der Waals surface area contributed by atoms with Crippen LogP contribution in [0.2, 0.25) is 0 Å². The summed E-state index contributed by atoms with van der Waals surface area (Å²) in [7, 11) is 0. The molecule has 1 aliphatic heterocycles. The summed E-state index contributed by atoms with van der Waals surface area (Å²) in [4.78, 5) is 44.6. The van der Waals surface area contributed by atoms with Gasteiger partial charge in [0.05, 0.1) is 11.3 Å². The fraction of sp³-hybridized carbons (Fsp3) is 0.462. The van der Waals surface area contributed by atoms with E-state index in [0.717, 1.165) is 32.1 Å². The van der Waals surface area contributed by atoms with Gasteiger partial charge in [0.25, 0.3) is 17.8 Å². The van der Waals surface area contributed by atoms with E-state index in [1.807, 2.05) is 4.90 Å². The summed E-state index contributed by atoms with van der Waals surface area (Å²) in [6.07, 6.45) is 13.5. The van der Waals surface area contributed by atoms with Gasteiger partial charge in [-0.25, -0.2) is 9.97 Å². The summed E-state index contributed by atoms with van der Waals surface area (Å²) in [6.45, 7) is 3.39. The highest BCUT2D eigenvalue weighted by atomic mass is 16.5. The molecule has 4 heterocycles. The van der Waals surface area contributed by atoms with Crippen LogP contribution in [-0.2, 0) is 0 Å². The van der Waals surface area contributed by atoms with Crippen LogP contribution in [0.1, 0.15) is 66.3 Å². The van der Waals surface area contributed by atoms with Crippen LogP contribution in [-0.4, -0.2) is 57.0 Å². The predicted octanol–water partition coefficient (Wildman–Crippen LogP) is 3.47. The van der Waals surface area contributed by atoms with Gasteiger partial charge in [0.1, 0.15) is 12.4 Å². The highest BCUT2D eigenvalue weighted by molar-refractivity contribution is 6.08. The van der Waals surface area contributed by atoms with E-state index in [4.69, 9.17) is 9.15 Å². The van der Waals surface area contributed by atoms with Crippen molar-refractivity contribution in [1.29, 1.82) is 0 Å². The molecule has 11 heteroatoms. The summed E-state index contributed by atoms with van der Waals surface area (Å²) >= 11 is 0. The second kappa shape index (κ2) is 11.4. The van der Waals surface area contributed by atoms with E-state index >= 15 is 0 Å². The average Bonchev–Trinajstić information content (AvgIpc) is 3.39. The molecule has 2 fully saturated rings. The van der Waals surface area contributed by atoms with Crippen molar-refractivity contribution >= 4 is 23.5 Å². The van der Waals surface area contributed by atoms with Gasteiger partial charge in [0, 0.05) is 56.8 Å². The van der Waals surface area contributed by atoms with E-state index in [1.165, 1.54) is 25.1 Å². The lowest BCUT2D eigenvalue weighted by atomic mass is 9.78. The number of carbonyl (C=O) groups is 2. The van der Waals surface area contributed by atoms with E-state index in [2.05, 4.69) is 37.5 Å². The Bertz CT molecular complexity index is 1210. The number of piperidine rings is 1. The SMILES string of the molecule is CCC(NC(=O)c1cnccc1NC(=O)c1coc(N2CCC(Oc3ncccn3)CC2)n1)C1CCC1. The number of aromatic nitrogens is 4. The number of nitrogens with one attached hydrogen (secondary N) is 2. The second-order valence-electron chi connectivity index (χ2n) is 9.41. The van der Waals surface area contributed by atoms with Crippen molar-refractivity contribution < 1.29 is 18.7 Å². The first kappa shape index (κ1) is 24.7. The Labute approximate surface area is 215 Å². The summed E-state index contributed by atoms with van der Waals surface area (Å²) < 4.78 is 11.4. The van der Waals surface area contributed by atoms with E-state index in [9.17, 15) is 9.59 Å². The molecular weight excluding hydrogens is 474 g/mol. The Morgan fingerprint density at radius 1 is 1.14 bits per heavy atom. The number of rotatable bonds is 9. The maximum Gasteiger partial charge on any atom is 0.316 e. The first-order valence-corrected chi connectivity index (χ1v) is 12.8. The molecule has 1 saturated heterocycles. The molecular formula is C26H31N7O4. The van der Waals surface area contributed by atoms with Gasteiger partial charge in [0.2, 0.25) is 0 Å². The third-order valence-electron chi connectivity index (χ3n) is 7.04. The number of hydrogen-bond acceptors (Lipinski definition) is 9. The fourth-order valence-electron chi connectivity index (χ4n) is 4.69. The molecule has 2 aliphatic rings. The number of oxazole rings is 1. The Balaban J connectivity index is 1.18. The van der Waals surface area contributed by atoms with Crippen LogP contribution >= 0.6 is 0 Å². The van der Waals surface area contributed by atoms with Crippen LogP contribution in [0.15, 0.2) is 47.6 Å². The van der Waals surface area contributed by atoms with Crippen molar-refractivity contribution in [3.05, 3.63) is 54.4 Å². The molecule has 1 unspecified atom stereocenters. The Morgan fingerprint density at radius 2 is 1.92 bits per heavy atom. The molecule has 3 aromatic heterocycles. The minimum Gasteiger partial charge on any atom is -0.460 e. The molecule has 1 aliphatic carbocycles. The topological polar surface area (TPSA) is 135 Å². The van der Waals surface area contributed by atoms with Crippen molar-refractivity contribution in [3.63, 3.8) is 0 Å². The fourth-order valence-corrected chi connectivity index (χ4v) is 4.69. The van der Waals surface area contributed by atoms with E-state index in [0.29, 0.717) is 42.3 Å². The minimum atomic E-state index is -0.458. The van der Waals surface area contributed by atoms with Gasteiger partial charge >= 0.3 is 6.01 Å². The van der Waals surface area contributed by atoms with Crippen molar-refractivity contribution in [1.82, 2.24) is 25.3 Å². The maximum atomic E-state index is 13.0. The second-order valence-corrected chi connectivity index (χ2v) is 9.41. The molecule has 5 rings (SSSR count). The first-order valence-electron chi connectivity index (χ1n) is 12.8. The van der Waals surface area contributed by atoms with Gasteiger partial charge in [-0.2, -0.15) is 4.98 Å². The third kappa shape index (κ3) is 5.87. The lowest BCUT2D eigenvalue weighted by Gasteiger charge is -2.33. The molecule has 37 heavy (non-hydrogen) atoms. The Kier molecular flexibility index (Phi) is 7.57. The van der Waals surface area contributed by atoms with Gasteiger partial charge in [0.15, 0.2) is 5.69 Å². The number of hydrogen-bond donors (Lipinski definition) is 2. The molecule has 2 amide bonds. The predicted molar refractivity (Wildman–Crippen MR) is 135 cm³/mol. The van der Waals surface area contributed by atoms with Crippen molar-refractivity contribution in [2.45, 2.75) is 57.6 Å². The van der Waals surface area contributed by atoms with Crippen LogP contribution in [0.5, 0.6) is 6.01 Å². The summed E-state index contributed by atoms with van der Waals surface area (Å²) in [6, 6.07) is 4.22. The monoisotopic (exact) mass is 505 g/mol. The number of pyridine rings is 1. The smallest absolute Gasteiger partial charge is 0.316 e. The molecule has 0 spiro atoms. The highest BCUT2D eigenvalue weighted by Gasteiger charge is 2.29. The highest BCUT2D eigenvalue weighted by Crippen LogP contribution is 2.31. The van der Waals surface area contributed by atoms with Crippen LogP contribution in [0.3, 0.4) is 0 Å². The lowest BCUT2D eigenvalue weighted by Crippen LogP contribution is -2.42. The van der Waals surface area contributed by atoms with Gasteiger partial charge in [-0.15, -0.1) is 0 Å². The molecule has 2 N–H and O–H groups in total. The van der Waals surface area contributed by atoms with Crippen molar-refractivity contribution in [3.8, 4) is 6.01 Å². The zero-order chi connectivity index (χ0) is 25.6. The number of nitrogens with zero attached hydrogens (tertiary/aromatic N) is 5. The quantitative estimate of drug-likeness (QED) is 0.448. The first-order chi connectivity index (χ1) is 18.1. The van der Waals surface area contributed by atoms with E-state index in [1.54, 1.807) is 24.5 Å². The Hall–Kier alpha value is -4.02. The minimum absolute atomic E-state index is 0.00392. The normalized spacial score (nSPS) is 17.1. The van der Waals surface area contributed by atoms with Gasteiger partial charge in [-0.05, 0) is 37.3 Å². The summed E-state index contributed by atoms with van der Waals surface area (Å²) in [5.41, 5.74) is 0.837. The lowest BCUT2D eigenvalue weighted by molar-refractivity contribution is 0.0899. The molecule has 0 radical (unpaired) electrons. The zero-order valence-corrected chi connectivity index (χ0v) is 20.8. The molecule has 0 aromatic carbocycles. The summed E-state index contributed by atoms with van der Waals surface area (Å²) in [5.74, 6) is -0.185. The molecule has 3 aromatic rings. The molecule has 1 saturated carbocycles.